The van der Waals surface area contributed by atoms with E-state index in [1.807, 2.05) is 24.2 Å². The zero-order valence-electron chi connectivity index (χ0n) is 9.56. The summed E-state index contributed by atoms with van der Waals surface area (Å²) in [6.45, 7) is 3.71. The lowest BCUT2D eigenvalue weighted by atomic mass is 10.4. The highest BCUT2D eigenvalue weighted by molar-refractivity contribution is 7.98. The lowest BCUT2D eigenvalue weighted by Gasteiger charge is -2.14. The van der Waals surface area contributed by atoms with Gasteiger partial charge in [-0.3, -0.25) is 0 Å². The SMILES string of the molecule is COCCn1ccnc1NC(C)CSC. The van der Waals surface area contributed by atoms with Crippen molar-refractivity contribution in [1.29, 1.82) is 0 Å². The maximum absolute atomic E-state index is 5.04. The van der Waals surface area contributed by atoms with Crippen LogP contribution < -0.4 is 5.32 Å². The number of hydrogen-bond donors (Lipinski definition) is 1. The zero-order valence-corrected chi connectivity index (χ0v) is 10.4. The molecule has 0 amide bonds. The molecule has 0 bridgehead atoms. The Kier molecular flexibility index (Phi) is 5.57. The second kappa shape index (κ2) is 6.74. The maximum Gasteiger partial charge on any atom is 0.203 e. The first kappa shape index (κ1) is 12.4. The van der Waals surface area contributed by atoms with Crippen molar-refractivity contribution in [3.63, 3.8) is 0 Å². The van der Waals surface area contributed by atoms with E-state index in [0.29, 0.717) is 12.6 Å². The smallest absolute Gasteiger partial charge is 0.203 e. The van der Waals surface area contributed by atoms with E-state index in [1.54, 1.807) is 7.11 Å². The highest BCUT2D eigenvalue weighted by Crippen LogP contribution is 2.08. The van der Waals surface area contributed by atoms with Crippen LogP contribution in [-0.2, 0) is 11.3 Å². The fourth-order valence-electron chi connectivity index (χ4n) is 1.33. The molecule has 1 aromatic rings. The second-order valence-corrected chi connectivity index (χ2v) is 4.35. The van der Waals surface area contributed by atoms with Crippen LogP contribution in [0.2, 0.25) is 0 Å². The van der Waals surface area contributed by atoms with Crippen LogP contribution in [0.15, 0.2) is 12.4 Å². The van der Waals surface area contributed by atoms with Gasteiger partial charge in [-0.25, -0.2) is 4.98 Å². The summed E-state index contributed by atoms with van der Waals surface area (Å²) in [6, 6.07) is 0.434. The number of nitrogens with zero attached hydrogens (tertiary/aromatic N) is 2. The Bertz CT molecular complexity index is 277. The molecule has 0 radical (unpaired) electrons. The molecule has 0 aliphatic carbocycles. The van der Waals surface area contributed by atoms with Crippen LogP contribution in [0.5, 0.6) is 0 Å². The minimum Gasteiger partial charge on any atom is -0.383 e. The summed E-state index contributed by atoms with van der Waals surface area (Å²) >= 11 is 1.83. The molecule has 15 heavy (non-hydrogen) atoms. The van der Waals surface area contributed by atoms with Crippen molar-refractivity contribution in [3.05, 3.63) is 12.4 Å². The van der Waals surface area contributed by atoms with Crippen LogP contribution in [0.3, 0.4) is 0 Å². The van der Waals surface area contributed by atoms with Crippen LogP contribution >= 0.6 is 11.8 Å². The van der Waals surface area contributed by atoms with Crippen molar-refractivity contribution in [2.24, 2.45) is 0 Å². The van der Waals surface area contributed by atoms with Gasteiger partial charge in [0.15, 0.2) is 0 Å². The molecule has 0 saturated heterocycles. The van der Waals surface area contributed by atoms with E-state index < -0.39 is 0 Å². The lowest BCUT2D eigenvalue weighted by molar-refractivity contribution is 0.187. The minimum absolute atomic E-state index is 0.434. The summed E-state index contributed by atoms with van der Waals surface area (Å²) in [5.41, 5.74) is 0. The molecule has 0 spiro atoms. The number of aromatic nitrogens is 2. The number of rotatable bonds is 7. The van der Waals surface area contributed by atoms with Gasteiger partial charge in [-0.15, -0.1) is 0 Å². The number of ether oxygens (including phenoxy) is 1. The van der Waals surface area contributed by atoms with Gasteiger partial charge < -0.3 is 14.6 Å². The number of thioether (sulfide) groups is 1. The van der Waals surface area contributed by atoms with Crippen LogP contribution in [0.1, 0.15) is 6.92 Å². The summed E-state index contributed by atoms with van der Waals surface area (Å²) in [5, 5.41) is 3.38. The van der Waals surface area contributed by atoms with Crippen LogP contribution in [0.25, 0.3) is 0 Å². The van der Waals surface area contributed by atoms with E-state index in [1.165, 1.54) is 0 Å². The number of hydrogen-bond acceptors (Lipinski definition) is 4. The zero-order chi connectivity index (χ0) is 11.1. The van der Waals surface area contributed by atoms with E-state index in [4.69, 9.17) is 4.74 Å². The maximum atomic E-state index is 5.04. The quantitative estimate of drug-likeness (QED) is 0.772. The van der Waals surface area contributed by atoms with Gasteiger partial charge in [0.25, 0.3) is 0 Å². The molecule has 0 aliphatic heterocycles. The highest BCUT2D eigenvalue weighted by atomic mass is 32.2. The highest BCUT2D eigenvalue weighted by Gasteiger charge is 2.05. The summed E-state index contributed by atoms with van der Waals surface area (Å²) in [5.74, 6) is 2.01. The van der Waals surface area contributed by atoms with Crippen LogP contribution in [0.4, 0.5) is 5.95 Å². The molecular formula is C10H19N3OS. The van der Waals surface area contributed by atoms with Crippen LogP contribution in [-0.4, -0.2) is 41.3 Å². The normalized spacial score (nSPS) is 12.7. The largest absolute Gasteiger partial charge is 0.383 e. The molecule has 5 heteroatoms. The predicted molar refractivity (Wildman–Crippen MR) is 65.6 cm³/mol. The molecule has 0 saturated carbocycles. The van der Waals surface area contributed by atoms with Gasteiger partial charge in [0, 0.05) is 37.8 Å². The van der Waals surface area contributed by atoms with Gasteiger partial charge in [0.05, 0.1) is 6.61 Å². The number of imidazole rings is 1. The lowest BCUT2D eigenvalue weighted by Crippen LogP contribution is -2.21. The van der Waals surface area contributed by atoms with E-state index in [2.05, 4.69) is 28.0 Å². The summed E-state index contributed by atoms with van der Waals surface area (Å²) < 4.78 is 7.11. The summed E-state index contributed by atoms with van der Waals surface area (Å²) in [7, 11) is 1.71. The molecule has 0 aromatic carbocycles. The Morgan fingerprint density at radius 2 is 2.47 bits per heavy atom. The van der Waals surface area contributed by atoms with E-state index >= 15 is 0 Å². The molecule has 1 rings (SSSR count). The molecule has 86 valence electrons. The van der Waals surface area contributed by atoms with Gasteiger partial charge in [-0.05, 0) is 13.2 Å². The van der Waals surface area contributed by atoms with E-state index in [-0.39, 0.29) is 0 Å². The molecule has 1 atom stereocenters. The van der Waals surface area contributed by atoms with Crippen molar-refractivity contribution in [3.8, 4) is 0 Å². The van der Waals surface area contributed by atoms with E-state index in [9.17, 15) is 0 Å². The first-order chi connectivity index (χ1) is 7.27. The molecule has 1 unspecified atom stereocenters. The molecule has 1 N–H and O–H groups in total. The van der Waals surface area contributed by atoms with Gasteiger partial charge in [-0.2, -0.15) is 11.8 Å². The molecule has 4 nitrogen and oxygen atoms in total. The van der Waals surface area contributed by atoms with Crippen molar-refractivity contribution in [1.82, 2.24) is 9.55 Å². The Labute approximate surface area is 95.4 Å². The average Bonchev–Trinajstić information content (AvgIpc) is 2.63. The Morgan fingerprint density at radius 3 is 3.13 bits per heavy atom. The van der Waals surface area contributed by atoms with Gasteiger partial charge in [0.2, 0.25) is 5.95 Å². The van der Waals surface area contributed by atoms with E-state index in [0.717, 1.165) is 18.2 Å². The Hall–Kier alpha value is -0.680. The second-order valence-electron chi connectivity index (χ2n) is 3.44. The third-order valence-corrected chi connectivity index (χ3v) is 2.88. The molecule has 1 heterocycles. The Balaban J connectivity index is 2.48. The minimum atomic E-state index is 0.434. The van der Waals surface area contributed by atoms with Gasteiger partial charge in [-0.1, -0.05) is 0 Å². The average molecular weight is 229 g/mol. The summed E-state index contributed by atoms with van der Waals surface area (Å²) in [4.78, 5) is 4.28. The van der Waals surface area contributed by atoms with Gasteiger partial charge in [0.1, 0.15) is 0 Å². The number of methoxy groups -OCH3 is 1. The number of anilines is 1. The fraction of sp³-hybridized carbons (Fsp3) is 0.700. The fourth-order valence-corrected chi connectivity index (χ4v) is 1.91. The first-order valence-electron chi connectivity index (χ1n) is 5.03. The standard InChI is InChI=1S/C10H19N3OS/c1-9(8-15-3)12-10-11-4-5-13(10)6-7-14-2/h4-5,9H,6-8H2,1-3H3,(H,11,12). The molecular weight excluding hydrogens is 210 g/mol. The van der Waals surface area contributed by atoms with Gasteiger partial charge >= 0.3 is 0 Å². The van der Waals surface area contributed by atoms with Crippen molar-refractivity contribution < 1.29 is 4.74 Å². The molecule has 0 fully saturated rings. The molecule has 0 aliphatic rings. The summed E-state index contributed by atoms with van der Waals surface area (Å²) in [6.07, 6.45) is 5.88. The molecule has 1 aromatic heterocycles. The Morgan fingerprint density at radius 1 is 1.67 bits per heavy atom. The van der Waals surface area contributed by atoms with Crippen molar-refractivity contribution >= 4 is 17.7 Å². The third-order valence-electron chi connectivity index (χ3n) is 2.04. The van der Waals surface area contributed by atoms with Crippen molar-refractivity contribution in [2.45, 2.75) is 19.5 Å². The predicted octanol–water partition coefficient (Wildman–Crippen LogP) is 1.69. The van der Waals surface area contributed by atoms with Crippen molar-refractivity contribution in [2.75, 3.05) is 31.0 Å². The third kappa shape index (κ3) is 4.13. The topological polar surface area (TPSA) is 39.1 Å². The number of nitrogens with one attached hydrogen (secondary N) is 1. The first-order valence-corrected chi connectivity index (χ1v) is 6.43. The van der Waals surface area contributed by atoms with Crippen LogP contribution in [0, 0.1) is 0 Å². The monoisotopic (exact) mass is 229 g/mol.